The number of carbonyl (C=O) groups excluding carboxylic acids is 1. The van der Waals surface area contributed by atoms with Crippen molar-refractivity contribution in [2.45, 2.75) is 13.2 Å². The highest BCUT2D eigenvalue weighted by atomic mass is 16.5. The summed E-state index contributed by atoms with van der Waals surface area (Å²) in [6.07, 6.45) is 0. The van der Waals surface area contributed by atoms with Crippen molar-refractivity contribution in [2.75, 3.05) is 7.11 Å². The molecule has 0 atom stereocenters. The average Bonchev–Trinajstić information content (AvgIpc) is 2.90. The van der Waals surface area contributed by atoms with Crippen molar-refractivity contribution in [3.63, 3.8) is 0 Å². The number of benzene rings is 3. The third-order valence-corrected chi connectivity index (χ3v) is 5.44. The first kappa shape index (κ1) is 21.4. The Hall–Kier alpha value is -4.45. The third kappa shape index (κ3) is 4.66. The fourth-order valence-corrected chi connectivity index (χ4v) is 3.67. The van der Waals surface area contributed by atoms with Crippen LogP contribution >= 0.6 is 0 Å². The number of hydrogen-bond donors (Lipinski definition) is 0. The van der Waals surface area contributed by atoms with E-state index in [-0.39, 0.29) is 13.2 Å². The van der Waals surface area contributed by atoms with Gasteiger partial charge in [0.05, 0.1) is 35.1 Å². The molecule has 0 aliphatic heterocycles. The van der Waals surface area contributed by atoms with Crippen LogP contribution < -0.4 is 9.47 Å². The maximum atomic E-state index is 12.7. The summed E-state index contributed by atoms with van der Waals surface area (Å²) in [6, 6.07) is 28.4. The molecule has 0 spiro atoms. The summed E-state index contributed by atoms with van der Waals surface area (Å²) in [5, 5.41) is 2.10. The summed E-state index contributed by atoms with van der Waals surface area (Å²) in [6.45, 7) is 0.313. The van der Waals surface area contributed by atoms with Gasteiger partial charge in [-0.25, -0.2) is 14.8 Å². The molecule has 0 bridgehead atoms. The van der Waals surface area contributed by atoms with E-state index in [0.29, 0.717) is 22.8 Å². The molecule has 0 aliphatic rings. The largest absolute Gasteiger partial charge is 0.493 e. The molecule has 2 aromatic heterocycles. The lowest BCUT2D eigenvalue weighted by Crippen LogP contribution is -2.07. The number of esters is 1. The van der Waals surface area contributed by atoms with E-state index in [1.807, 2.05) is 72.8 Å². The molecule has 5 aromatic rings. The zero-order chi connectivity index (χ0) is 23.3. The second-order valence-electron chi connectivity index (χ2n) is 7.72. The number of pyridine rings is 2. The van der Waals surface area contributed by atoms with Crippen LogP contribution in [0, 0.1) is 0 Å². The van der Waals surface area contributed by atoms with Gasteiger partial charge in [0.2, 0.25) is 0 Å². The molecular weight excluding hydrogens is 428 g/mol. The molecule has 0 N–H and O–H groups in total. The number of para-hydroxylation sites is 2. The Labute approximate surface area is 196 Å². The van der Waals surface area contributed by atoms with Gasteiger partial charge in [0.15, 0.2) is 11.5 Å². The van der Waals surface area contributed by atoms with Crippen LogP contribution in [-0.4, -0.2) is 23.0 Å². The van der Waals surface area contributed by atoms with Crippen molar-refractivity contribution < 1.29 is 19.0 Å². The Morgan fingerprint density at radius 1 is 0.706 bits per heavy atom. The van der Waals surface area contributed by atoms with E-state index in [4.69, 9.17) is 14.2 Å². The number of aromatic nitrogens is 2. The molecule has 0 saturated carbocycles. The van der Waals surface area contributed by atoms with Crippen molar-refractivity contribution in [3.05, 3.63) is 108 Å². The summed E-state index contributed by atoms with van der Waals surface area (Å²) < 4.78 is 16.9. The highest BCUT2D eigenvalue weighted by Gasteiger charge is 2.14. The minimum atomic E-state index is -0.466. The minimum Gasteiger partial charge on any atom is -0.493 e. The number of methoxy groups -OCH3 is 1. The van der Waals surface area contributed by atoms with Gasteiger partial charge in [-0.2, -0.15) is 0 Å². The normalized spacial score (nSPS) is 10.9. The molecule has 0 radical (unpaired) electrons. The Morgan fingerprint density at radius 2 is 1.32 bits per heavy atom. The van der Waals surface area contributed by atoms with Gasteiger partial charge in [0, 0.05) is 10.8 Å². The number of rotatable bonds is 7. The molecule has 168 valence electrons. The predicted octanol–water partition coefficient (Wildman–Crippen LogP) is 5.73. The molecule has 2 heterocycles. The number of ether oxygens (including phenoxy) is 3. The van der Waals surface area contributed by atoms with Gasteiger partial charge in [-0.15, -0.1) is 0 Å². The zero-order valence-electron chi connectivity index (χ0n) is 18.6. The zero-order valence-corrected chi connectivity index (χ0v) is 18.6. The van der Waals surface area contributed by atoms with Crippen LogP contribution in [0.25, 0.3) is 21.8 Å². The smallest absolute Gasteiger partial charge is 0.338 e. The summed E-state index contributed by atoms with van der Waals surface area (Å²) in [4.78, 5) is 21.9. The van der Waals surface area contributed by atoms with E-state index < -0.39 is 5.97 Å². The van der Waals surface area contributed by atoms with Crippen molar-refractivity contribution in [1.82, 2.24) is 9.97 Å². The first-order chi connectivity index (χ1) is 16.7. The molecule has 0 aliphatic carbocycles. The lowest BCUT2D eigenvalue weighted by molar-refractivity contribution is 0.0467. The number of nitrogens with zero attached hydrogens (tertiary/aromatic N) is 2. The summed E-state index contributed by atoms with van der Waals surface area (Å²) in [5.41, 5.74) is 3.58. The lowest BCUT2D eigenvalue weighted by atomic mass is 10.2. The van der Waals surface area contributed by atoms with Gasteiger partial charge in [0.25, 0.3) is 0 Å². The van der Waals surface area contributed by atoms with Crippen molar-refractivity contribution in [2.24, 2.45) is 0 Å². The van der Waals surface area contributed by atoms with Gasteiger partial charge in [-0.1, -0.05) is 48.5 Å². The molecule has 0 unspecified atom stereocenters. The Balaban J connectivity index is 1.28. The lowest BCUT2D eigenvalue weighted by Gasteiger charge is -2.12. The Morgan fingerprint density at radius 3 is 1.97 bits per heavy atom. The molecule has 3 aromatic carbocycles. The molecule has 0 fully saturated rings. The van der Waals surface area contributed by atoms with Crippen LogP contribution in [-0.2, 0) is 18.0 Å². The topological polar surface area (TPSA) is 70.5 Å². The van der Waals surface area contributed by atoms with Crippen LogP contribution in [0.15, 0.2) is 91.0 Å². The van der Waals surface area contributed by atoms with E-state index in [2.05, 4.69) is 9.97 Å². The van der Waals surface area contributed by atoms with E-state index >= 15 is 0 Å². The van der Waals surface area contributed by atoms with E-state index in [9.17, 15) is 4.79 Å². The SMILES string of the molecule is COc1ccc(C(=O)OCc2ccc3ccccc3n2)cc1OCc1ccc2ccccc2n1. The molecule has 5 rings (SSSR count). The summed E-state index contributed by atoms with van der Waals surface area (Å²) in [7, 11) is 1.56. The maximum Gasteiger partial charge on any atom is 0.338 e. The molecule has 6 heteroatoms. The highest BCUT2D eigenvalue weighted by molar-refractivity contribution is 5.90. The molecule has 34 heavy (non-hydrogen) atoms. The average molecular weight is 450 g/mol. The van der Waals surface area contributed by atoms with Crippen LogP contribution in [0.2, 0.25) is 0 Å². The van der Waals surface area contributed by atoms with Gasteiger partial charge < -0.3 is 14.2 Å². The Kier molecular flexibility index (Phi) is 6.03. The maximum absolute atomic E-state index is 12.7. The summed E-state index contributed by atoms with van der Waals surface area (Å²) in [5.74, 6) is 0.496. The van der Waals surface area contributed by atoms with E-state index in [0.717, 1.165) is 27.5 Å². The standard InChI is InChI=1S/C28H22N2O4/c1-32-26-15-12-21(28(31)34-18-23-14-11-20-7-3-5-9-25(20)30-23)16-27(26)33-17-22-13-10-19-6-2-4-8-24(19)29-22/h2-16H,17-18H2,1H3. The van der Waals surface area contributed by atoms with Crippen molar-refractivity contribution >= 4 is 27.8 Å². The Bertz CT molecular complexity index is 1480. The molecule has 6 nitrogen and oxygen atoms in total. The van der Waals surface area contributed by atoms with E-state index in [1.54, 1.807) is 25.3 Å². The molecule has 0 saturated heterocycles. The predicted molar refractivity (Wildman–Crippen MR) is 130 cm³/mol. The number of hydrogen-bond acceptors (Lipinski definition) is 6. The van der Waals surface area contributed by atoms with Crippen molar-refractivity contribution in [3.8, 4) is 11.5 Å². The fourth-order valence-electron chi connectivity index (χ4n) is 3.67. The molecular formula is C28H22N2O4. The fraction of sp³-hybridized carbons (Fsp3) is 0.107. The first-order valence-corrected chi connectivity index (χ1v) is 10.9. The van der Waals surface area contributed by atoms with Gasteiger partial charge >= 0.3 is 5.97 Å². The highest BCUT2D eigenvalue weighted by Crippen LogP contribution is 2.29. The number of fused-ring (bicyclic) bond motifs is 2. The van der Waals surface area contributed by atoms with Crippen LogP contribution in [0.1, 0.15) is 21.7 Å². The third-order valence-electron chi connectivity index (χ3n) is 5.44. The monoisotopic (exact) mass is 450 g/mol. The second kappa shape index (κ2) is 9.58. The van der Waals surface area contributed by atoms with Crippen LogP contribution in [0.5, 0.6) is 11.5 Å². The van der Waals surface area contributed by atoms with Crippen LogP contribution in [0.4, 0.5) is 0 Å². The van der Waals surface area contributed by atoms with Gasteiger partial charge in [-0.3, -0.25) is 0 Å². The van der Waals surface area contributed by atoms with Gasteiger partial charge in [-0.05, 0) is 42.5 Å². The first-order valence-electron chi connectivity index (χ1n) is 10.9. The van der Waals surface area contributed by atoms with E-state index in [1.165, 1.54) is 0 Å². The number of carbonyl (C=O) groups is 1. The quantitative estimate of drug-likeness (QED) is 0.295. The van der Waals surface area contributed by atoms with Gasteiger partial charge in [0.1, 0.15) is 13.2 Å². The van der Waals surface area contributed by atoms with Crippen LogP contribution in [0.3, 0.4) is 0 Å². The van der Waals surface area contributed by atoms with Crippen molar-refractivity contribution in [1.29, 1.82) is 0 Å². The molecule has 0 amide bonds. The summed E-state index contributed by atoms with van der Waals surface area (Å²) >= 11 is 0. The second-order valence-corrected chi connectivity index (χ2v) is 7.72. The minimum absolute atomic E-state index is 0.0763.